The van der Waals surface area contributed by atoms with Crippen molar-refractivity contribution in [2.75, 3.05) is 31.0 Å². The molecule has 1 aliphatic heterocycles. The fraction of sp³-hybridized carbons (Fsp3) is 0.296. The van der Waals surface area contributed by atoms with Crippen LogP contribution in [0, 0.1) is 0 Å². The Morgan fingerprint density at radius 3 is 2.33 bits per heavy atom. The van der Waals surface area contributed by atoms with Crippen LogP contribution in [0.5, 0.6) is 5.75 Å². The number of ether oxygens (including phenoxy) is 1. The van der Waals surface area contributed by atoms with E-state index in [1.807, 2.05) is 12.1 Å². The van der Waals surface area contributed by atoms with Gasteiger partial charge in [0, 0.05) is 18.1 Å². The molecule has 3 aromatic rings. The highest BCUT2D eigenvalue weighted by molar-refractivity contribution is 7.92. The molecule has 190 valence electrons. The van der Waals surface area contributed by atoms with Gasteiger partial charge in [-0.05, 0) is 85.6 Å². The Hall–Kier alpha value is -3.07. The molecule has 1 amide bonds. The van der Waals surface area contributed by atoms with E-state index in [-0.39, 0.29) is 11.4 Å². The highest BCUT2D eigenvalue weighted by atomic mass is 35.5. The van der Waals surface area contributed by atoms with E-state index in [1.54, 1.807) is 36.4 Å². The molecule has 0 bridgehead atoms. The van der Waals surface area contributed by atoms with E-state index in [9.17, 15) is 13.2 Å². The van der Waals surface area contributed by atoms with Crippen LogP contribution in [-0.2, 0) is 27.9 Å². The number of nitrogens with one attached hydrogen (secondary N) is 1. The highest BCUT2D eigenvalue weighted by Crippen LogP contribution is 2.26. The normalized spacial score (nSPS) is 13.9. The zero-order valence-corrected chi connectivity index (χ0v) is 21.8. The van der Waals surface area contributed by atoms with Crippen molar-refractivity contribution in [3.63, 3.8) is 0 Å². The number of anilines is 1. The Kier molecular flexibility index (Phi) is 8.51. The first-order valence-corrected chi connectivity index (χ1v) is 13.7. The summed E-state index contributed by atoms with van der Waals surface area (Å²) in [5.41, 5.74) is 2.52. The van der Waals surface area contributed by atoms with Gasteiger partial charge >= 0.3 is 0 Å². The Balaban J connectivity index is 1.48. The number of hydrogen-bond donors (Lipinski definition) is 1. The maximum Gasteiger partial charge on any atom is 0.264 e. The second-order valence-corrected chi connectivity index (χ2v) is 11.0. The van der Waals surface area contributed by atoms with Crippen molar-refractivity contribution in [3.8, 4) is 5.75 Å². The maximum absolute atomic E-state index is 13.5. The summed E-state index contributed by atoms with van der Waals surface area (Å²) in [7, 11) is -2.51. The number of rotatable bonds is 10. The first kappa shape index (κ1) is 26.0. The Labute approximate surface area is 217 Å². The standard InChI is InChI=1S/C27H30ClN3O4S/c1-35-25-11-13-26(14-12-25)36(33,34)31(24-9-7-23(28)8-10-24)20-27(32)29-18-21-5-4-6-22(17-21)19-30-15-2-3-16-30/h4-14,17H,2-3,15-16,18-20H2,1H3,(H,29,32). The van der Waals surface area contributed by atoms with E-state index in [4.69, 9.17) is 16.3 Å². The lowest BCUT2D eigenvalue weighted by molar-refractivity contribution is -0.119. The van der Waals surface area contributed by atoms with Crippen LogP contribution in [0.25, 0.3) is 0 Å². The lowest BCUT2D eigenvalue weighted by Crippen LogP contribution is -2.40. The summed E-state index contributed by atoms with van der Waals surface area (Å²) in [5, 5.41) is 3.34. The summed E-state index contributed by atoms with van der Waals surface area (Å²) in [6.45, 7) is 3.06. The first-order valence-electron chi connectivity index (χ1n) is 11.8. The van der Waals surface area contributed by atoms with Gasteiger partial charge in [-0.3, -0.25) is 14.0 Å². The molecule has 1 saturated heterocycles. The van der Waals surface area contributed by atoms with E-state index >= 15 is 0 Å². The van der Waals surface area contributed by atoms with Gasteiger partial charge < -0.3 is 10.1 Å². The molecule has 0 aliphatic carbocycles. The Bertz CT molecular complexity index is 1280. The topological polar surface area (TPSA) is 79.0 Å². The average molecular weight is 528 g/mol. The molecule has 0 saturated carbocycles. The molecule has 9 heteroatoms. The van der Waals surface area contributed by atoms with Crippen molar-refractivity contribution in [3.05, 3.63) is 88.9 Å². The Morgan fingerprint density at radius 2 is 1.67 bits per heavy atom. The minimum absolute atomic E-state index is 0.0562. The number of amides is 1. The van der Waals surface area contributed by atoms with Gasteiger partial charge in [-0.25, -0.2) is 8.42 Å². The number of halogens is 1. The number of benzene rings is 3. The number of carbonyl (C=O) groups is 1. The molecular formula is C27H30ClN3O4S. The monoisotopic (exact) mass is 527 g/mol. The van der Waals surface area contributed by atoms with Gasteiger partial charge in [-0.1, -0.05) is 35.9 Å². The number of sulfonamides is 1. The lowest BCUT2D eigenvalue weighted by atomic mass is 10.1. The minimum atomic E-state index is -4.02. The van der Waals surface area contributed by atoms with Crippen LogP contribution in [0.1, 0.15) is 24.0 Å². The van der Waals surface area contributed by atoms with Gasteiger partial charge in [0.15, 0.2) is 0 Å². The molecular weight excluding hydrogens is 498 g/mol. The van der Waals surface area contributed by atoms with Crippen molar-refractivity contribution in [2.24, 2.45) is 0 Å². The number of carbonyl (C=O) groups excluding carboxylic acids is 1. The predicted molar refractivity (Wildman–Crippen MR) is 142 cm³/mol. The molecule has 1 fully saturated rings. The molecule has 0 spiro atoms. The van der Waals surface area contributed by atoms with Gasteiger partial charge in [0.25, 0.3) is 10.0 Å². The third-order valence-corrected chi connectivity index (χ3v) is 8.18. The summed E-state index contributed by atoms with van der Waals surface area (Å²) in [6, 6.07) is 20.5. The molecule has 0 atom stereocenters. The van der Waals surface area contributed by atoms with Crippen LogP contribution in [-0.4, -0.2) is 46.0 Å². The highest BCUT2D eigenvalue weighted by Gasteiger charge is 2.27. The summed E-state index contributed by atoms with van der Waals surface area (Å²) >= 11 is 6.01. The molecule has 0 aromatic heterocycles. The second-order valence-electron chi connectivity index (χ2n) is 8.74. The molecule has 4 rings (SSSR count). The minimum Gasteiger partial charge on any atom is -0.497 e. The van der Waals surface area contributed by atoms with Crippen molar-refractivity contribution >= 4 is 33.2 Å². The summed E-state index contributed by atoms with van der Waals surface area (Å²) in [6.07, 6.45) is 2.47. The molecule has 3 aromatic carbocycles. The van der Waals surface area contributed by atoms with Crippen molar-refractivity contribution < 1.29 is 17.9 Å². The van der Waals surface area contributed by atoms with E-state index < -0.39 is 15.9 Å². The zero-order valence-electron chi connectivity index (χ0n) is 20.2. The van der Waals surface area contributed by atoms with E-state index in [0.29, 0.717) is 23.0 Å². The van der Waals surface area contributed by atoms with Gasteiger partial charge in [0.2, 0.25) is 5.91 Å². The van der Waals surface area contributed by atoms with Crippen molar-refractivity contribution in [2.45, 2.75) is 30.8 Å². The molecule has 1 N–H and O–H groups in total. The summed E-state index contributed by atoms with van der Waals surface area (Å²) in [4.78, 5) is 15.4. The Morgan fingerprint density at radius 1 is 1.00 bits per heavy atom. The van der Waals surface area contributed by atoms with Crippen molar-refractivity contribution in [1.29, 1.82) is 0 Å². The van der Waals surface area contributed by atoms with Gasteiger partial charge in [-0.2, -0.15) is 0 Å². The largest absolute Gasteiger partial charge is 0.497 e. The average Bonchev–Trinajstić information content (AvgIpc) is 3.40. The maximum atomic E-state index is 13.5. The van der Waals surface area contributed by atoms with Crippen molar-refractivity contribution in [1.82, 2.24) is 10.2 Å². The molecule has 1 heterocycles. The molecule has 1 aliphatic rings. The fourth-order valence-corrected chi connectivity index (χ4v) is 5.77. The van der Waals surface area contributed by atoms with E-state index in [0.717, 1.165) is 29.5 Å². The zero-order chi connectivity index (χ0) is 25.5. The van der Waals surface area contributed by atoms with Gasteiger partial charge in [-0.15, -0.1) is 0 Å². The second kappa shape index (κ2) is 11.8. The van der Waals surface area contributed by atoms with Crippen LogP contribution in [0.3, 0.4) is 0 Å². The van der Waals surface area contributed by atoms with E-state index in [2.05, 4.69) is 22.3 Å². The molecule has 0 unspecified atom stereocenters. The number of hydrogen-bond acceptors (Lipinski definition) is 5. The number of nitrogens with zero attached hydrogens (tertiary/aromatic N) is 2. The summed E-state index contributed by atoms with van der Waals surface area (Å²) in [5.74, 6) is 0.128. The molecule has 0 radical (unpaired) electrons. The summed E-state index contributed by atoms with van der Waals surface area (Å²) < 4.78 is 33.2. The van der Waals surface area contributed by atoms with Crippen LogP contribution >= 0.6 is 11.6 Å². The molecule has 36 heavy (non-hydrogen) atoms. The molecule has 7 nitrogen and oxygen atoms in total. The fourth-order valence-electron chi connectivity index (χ4n) is 4.22. The number of likely N-dealkylation sites (tertiary alicyclic amines) is 1. The smallest absolute Gasteiger partial charge is 0.264 e. The van der Waals surface area contributed by atoms with Crippen LogP contribution < -0.4 is 14.4 Å². The quantitative estimate of drug-likeness (QED) is 0.421. The van der Waals surface area contributed by atoms with Crippen LogP contribution in [0.4, 0.5) is 5.69 Å². The SMILES string of the molecule is COc1ccc(S(=O)(=O)N(CC(=O)NCc2cccc(CN3CCCC3)c2)c2ccc(Cl)cc2)cc1. The predicted octanol–water partition coefficient (Wildman–Crippen LogP) is 4.46. The third kappa shape index (κ3) is 6.57. The van der Waals surface area contributed by atoms with Crippen LogP contribution in [0.15, 0.2) is 77.7 Å². The third-order valence-electron chi connectivity index (χ3n) is 6.14. The lowest BCUT2D eigenvalue weighted by Gasteiger charge is -2.24. The van der Waals surface area contributed by atoms with E-state index in [1.165, 1.54) is 37.6 Å². The van der Waals surface area contributed by atoms with Gasteiger partial charge in [0.05, 0.1) is 17.7 Å². The number of methoxy groups -OCH3 is 1. The van der Waals surface area contributed by atoms with Crippen LogP contribution in [0.2, 0.25) is 5.02 Å². The van der Waals surface area contributed by atoms with Gasteiger partial charge in [0.1, 0.15) is 12.3 Å². The first-order chi connectivity index (χ1) is 17.3.